The molecule has 0 spiro atoms. The topological polar surface area (TPSA) is 77.0 Å². The molecule has 2 aliphatic rings. The Labute approximate surface area is 189 Å². The quantitative estimate of drug-likeness (QED) is 0.336. The number of thiophene rings is 1. The summed E-state index contributed by atoms with van der Waals surface area (Å²) in [4.78, 5) is 35.4. The van der Waals surface area contributed by atoms with Crippen molar-refractivity contribution in [3.63, 3.8) is 0 Å². The molecule has 4 heterocycles. The van der Waals surface area contributed by atoms with Gasteiger partial charge in [-0.05, 0) is 64.0 Å². The molecule has 1 N–H and O–H groups in total. The van der Waals surface area contributed by atoms with E-state index in [-0.39, 0.29) is 23.2 Å². The number of aromatic amines is 1. The van der Waals surface area contributed by atoms with Crippen molar-refractivity contribution in [3.8, 4) is 0 Å². The van der Waals surface area contributed by atoms with Crippen LogP contribution in [0.15, 0.2) is 16.0 Å². The van der Waals surface area contributed by atoms with Crippen molar-refractivity contribution < 1.29 is 9.53 Å². The molecule has 3 aromatic heterocycles. The minimum absolute atomic E-state index is 0.0601. The monoisotopic (exact) mass is 457 g/mol. The summed E-state index contributed by atoms with van der Waals surface area (Å²) in [6.07, 6.45) is 6.73. The highest BCUT2D eigenvalue weighted by atomic mass is 32.2. The van der Waals surface area contributed by atoms with E-state index in [1.165, 1.54) is 28.6 Å². The Morgan fingerprint density at radius 3 is 2.97 bits per heavy atom. The van der Waals surface area contributed by atoms with Crippen LogP contribution < -0.4 is 5.56 Å². The van der Waals surface area contributed by atoms with Crippen LogP contribution in [0.5, 0.6) is 0 Å². The first kappa shape index (κ1) is 21.0. The fourth-order valence-corrected chi connectivity index (χ4v) is 6.84. The van der Waals surface area contributed by atoms with Crippen LogP contribution >= 0.6 is 23.1 Å². The zero-order chi connectivity index (χ0) is 21.5. The highest BCUT2D eigenvalue weighted by Gasteiger charge is 2.22. The summed E-state index contributed by atoms with van der Waals surface area (Å²) in [5, 5.41) is 1.28. The van der Waals surface area contributed by atoms with Gasteiger partial charge in [-0.2, -0.15) is 0 Å². The number of H-pyrrole nitrogens is 1. The van der Waals surface area contributed by atoms with Gasteiger partial charge in [0.2, 0.25) is 0 Å². The number of carbonyl (C=O) groups excluding carboxylic acids is 1. The third-order valence-corrected chi connectivity index (χ3v) is 8.49. The average molecular weight is 458 g/mol. The zero-order valence-corrected chi connectivity index (χ0v) is 19.6. The lowest BCUT2D eigenvalue weighted by molar-refractivity contribution is 0.0957. The Kier molecular flexibility index (Phi) is 5.79. The van der Waals surface area contributed by atoms with Crippen LogP contribution in [0.25, 0.3) is 10.2 Å². The van der Waals surface area contributed by atoms with E-state index in [2.05, 4.69) is 14.5 Å². The SMILES string of the molecule is Cc1cc(C(=O)CSc2nc3sc4c(c3c(=O)[nH]2)CCCC4)c(C)n1CC1CCCO1. The molecule has 0 aromatic carbocycles. The lowest BCUT2D eigenvalue weighted by atomic mass is 9.97. The van der Waals surface area contributed by atoms with Crippen LogP contribution in [0.2, 0.25) is 0 Å². The van der Waals surface area contributed by atoms with Crippen molar-refractivity contribution >= 4 is 39.1 Å². The fraction of sp³-hybridized carbons (Fsp3) is 0.522. The van der Waals surface area contributed by atoms with Crippen LogP contribution in [0, 0.1) is 13.8 Å². The minimum Gasteiger partial charge on any atom is -0.376 e. The molecule has 0 radical (unpaired) electrons. The van der Waals surface area contributed by atoms with Gasteiger partial charge in [0, 0.05) is 35.0 Å². The summed E-state index contributed by atoms with van der Waals surface area (Å²) in [6, 6.07) is 1.97. The van der Waals surface area contributed by atoms with Crippen LogP contribution in [-0.4, -0.2) is 38.8 Å². The molecule has 1 saturated heterocycles. The largest absolute Gasteiger partial charge is 0.376 e. The van der Waals surface area contributed by atoms with Gasteiger partial charge in [-0.15, -0.1) is 11.3 Å². The number of ketones is 1. The molecule has 1 fully saturated rings. The second-order valence-electron chi connectivity index (χ2n) is 8.50. The van der Waals surface area contributed by atoms with E-state index >= 15 is 0 Å². The van der Waals surface area contributed by atoms with Gasteiger partial charge >= 0.3 is 0 Å². The van der Waals surface area contributed by atoms with Crippen molar-refractivity contribution in [3.05, 3.63) is 43.8 Å². The number of Topliss-reactive ketones (excluding diaryl/α,β-unsaturated/α-hetero) is 1. The third kappa shape index (κ3) is 4.01. The molecular weight excluding hydrogens is 430 g/mol. The molecule has 6 nitrogen and oxygen atoms in total. The predicted octanol–water partition coefficient (Wildman–Crippen LogP) is 4.44. The van der Waals surface area contributed by atoms with Gasteiger partial charge in [0.25, 0.3) is 5.56 Å². The van der Waals surface area contributed by atoms with Crippen LogP contribution in [0.1, 0.15) is 57.9 Å². The number of nitrogens with one attached hydrogen (secondary N) is 1. The van der Waals surface area contributed by atoms with Crippen molar-refractivity contribution in [2.45, 2.75) is 70.2 Å². The fourth-order valence-electron chi connectivity index (χ4n) is 4.78. The Balaban J connectivity index is 1.32. The molecule has 3 aromatic rings. The molecule has 0 saturated carbocycles. The summed E-state index contributed by atoms with van der Waals surface area (Å²) in [5.41, 5.74) is 3.93. The summed E-state index contributed by atoms with van der Waals surface area (Å²) < 4.78 is 7.96. The smallest absolute Gasteiger partial charge is 0.260 e. The van der Waals surface area contributed by atoms with E-state index in [4.69, 9.17) is 4.74 Å². The summed E-state index contributed by atoms with van der Waals surface area (Å²) >= 11 is 2.95. The van der Waals surface area contributed by atoms with Crippen molar-refractivity contribution in [2.75, 3.05) is 12.4 Å². The summed E-state index contributed by atoms with van der Waals surface area (Å²) in [6.45, 7) is 5.67. The Bertz CT molecular complexity index is 1200. The van der Waals surface area contributed by atoms with Gasteiger partial charge in [-0.25, -0.2) is 4.98 Å². The van der Waals surface area contributed by atoms with Gasteiger partial charge in [-0.3, -0.25) is 9.59 Å². The standard InChI is InChI=1S/C23H27N3O3S2/c1-13-10-17(14(2)26(13)11-15-6-5-9-29-15)18(27)12-30-23-24-21(28)20-16-7-3-4-8-19(16)31-22(20)25-23/h10,15H,3-9,11-12H2,1-2H3,(H,24,25,28). The molecule has 0 amide bonds. The number of hydrogen-bond acceptors (Lipinski definition) is 6. The first-order valence-corrected chi connectivity index (χ1v) is 12.8. The van der Waals surface area contributed by atoms with Crippen molar-refractivity contribution in [2.24, 2.45) is 0 Å². The van der Waals surface area contributed by atoms with Gasteiger partial charge in [0.15, 0.2) is 10.9 Å². The van der Waals surface area contributed by atoms with Crippen LogP contribution in [-0.2, 0) is 24.1 Å². The first-order valence-electron chi connectivity index (χ1n) is 11.0. The zero-order valence-electron chi connectivity index (χ0n) is 18.0. The number of aromatic nitrogens is 3. The van der Waals surface area contributed by atoms with E-state index < -0.39 is 0 Å². The minimum atomic E-state index is -0.0749. The van der Waals surface area contributed by atoms with Gasteiger partial charge < -0.3 is 14.3 Å². The second-order valence-corrected chi connectivity index (χ2v) is 10.6. The lowest BCUT2D eigenvalue weighted by Crippen LogP contribution is -2.17. The molecule has 31 heavy (non-hydrogen) atoms. The molecule has 1 aliphatic heterocycles. The number of aryl methyl sites for hydroxylation is 3. The molecule has 1 aliphatic carbocycles. The molecule has 0 bridgehead atoms. The molecule has 1 unspecified atom stereocenters. The number of hydrogen-bond donors (Lipinski definition) is 1. The maximum atomic E-state index is 13.0. The van der Waals surface area contributed by atoms with E-state index in [1.54, 1.807) is 11.3 Å². The Hall–Kier alpha value is -1.90. The number of ether oxygens (including phenoxy) is 1. The number of carbonyl (C=O) groups is 1. The summed E-state index contributed by atoms with van der Waals surface area (Å²) in [5.74, 6) is 0.314. The van der Waals surface area contributed by atoms with E-state index in [0.29, 0.717) is 5.16 Å². The lowest BCUT2D eigenvalue weighted by Gasteiger charge is -2.14. The number of thioether (sulfide) groups is 1. The highest BCUT2D eigenvalue weighted by Crippen LogP contribution is 2.34. The maximum absolute atomic E-state index is 13.0. The second kappa shape index (κ2) is 8.56. The number of rotatable bonds is 6. The van der Waals surface area contributed by atoms with Crippen molar-refractivity contribution in [1.29, 1.82) is 0 Å². The van der Waals surface area contributed by atoms with Gasteiger partial charge in [0.1, 0.15) is 4.83 Å². The number of fused-ring (bicyclic) bond motifs is 3. The van der Waals surface area contributed by atoms with Gasteiger partial charge in [0.05, 0.1) is 17.2 Å². The Morgan fingerprint density at radius 2 is 2.16 bits per heavy atom. The van der Waals surface area contributed by atoms with E-state index in [9.17, 15) is 9.59 Å². The molecule has 8 heteroatoms. The number of nitrogens with zero attached hydrogens (tertiary/aromatic N) is 2. The van der Waals surface area contributed by atoms with Crippen LogP contribution in [0.3, 0.4) is 0 Å². The van der Waals surface area contributed by atoms with Crippen molar-refractivity contribution in [1.82, 2.24) is 14.5 Å². The van der Waals surface area contributed by atoms with Crippen LogP contribution in [0.4, 0.5) is 0 Å². The van der Waals surface area contributed by atoms with E-state index in [1.807, 2.05) is 19.9 Å². The predicted molar refractivity (Wildman–Crippen MR) is 125 cm³/mol. The maximum Gasteiger partial charge on any atom is 0.260 e. The Morgan fingerprint density at radius 1 is 1.32 bits per heavy atom. The third-order valence-electron chi connectivity index (χ3n) is 6.43. The first-order chi connectivity index (χ1) is 15.0. The molecule has 5 rings (SSSR count). The average Bonchev–Trinajstić information content (AvgIpc) is 3.46. The van der Waals surface area contributed by atoms with E-state index in [0.717, 1.165) is 72.4 Å². The molecule has 1 atom stereocenters. The molecule has 164 valence electrons. The summed E-state index contributed by atoms with van der Waals surface area (Å²) in [7, 11) is 0. The van der Waals surface area contributed by atoms with Gasteiger partial charge in [-0.1, -0.05) is 11.8 Å². The molecular formula is C23H27N3O3S2. The normalized spacial score (nSPS) is 18.6. The highest BCUT2D eigenvalue weighted by molar-refractivity contribution is 7.99.